The molecule has 0 heterocycles. The Balaban J connectivity index is 1.81. The Morgan fingerprint density at radius 3 is 2.62 bits per heavy atom. The predicted octanol–water partition coefficient (Wildman–Crippen LogP) is 3.77. The van der Waals surface area contributed by atoms with Gasteiger partial charge in [0.25, 0.3) is 0 Å². The van der Waals surface area contributed by atoms with Crippen LogP contribution in [0.5, 0.6) is 11.5 Å². The SMILES string of the molecule is CNCc1ccc(OCCOc2cccc(Br)c2)c(F)c1. The highest BCUT2D eigenvalue weighted by molar-refractivity contribution is 9.10. The van der Waals surface area contributed by atoms with Crippen LogP contribution in [0.1, 0.15) is 5.56 Å². The highest BCUT2D eigenvalue weighted by Crippen LogP contribution is 2.19. The van der Waals surface area contributed by atoms with Crippen LogP contribution in [0.25, 0.3) is 0 Å². The van der Waals surface area contributed by atoms with E-state index in [2.05, 4.69) is 21.2 Å². The van der Waals surface area contributed by atoms with E-state index in [9.17, 15) is 4.39 Å². The Hall–Kier alpha value is -1.59. The number of ether oxygens (including phenoxy) is 2. The van der Waals surface area contributed by atoms with Gasteiger partial charge in [-0.3, -0.25) is 0 Å². The highest BCUT2D eigenvalue weighted by Gasteiger charge is 2.04. The summed E-state index contributed by atoms with van der Waals surface area (Å²) < 4.78 is 25.6. The topological polar surface area (TPSA) is 30.5 Å². The van der Waals surface area contributed by atoms with Gasteiger partial charge >= 0.3 is 0 Å². The molecule has 3 nitrogen and oxygen atoms in total. The maximum Gasteiger partial charge on any atom is 0.165 e. The van der Waals surface area contributed by atoms with Gasteiger partial charge in [0.05, 0.1) is 0 Å². The summed E-state index contributed by atoms with van der Waals surface area (Å²) in [5.74, 6) is 0.635. The Kier molecular flexibility index (Phi) is 6.02. The first-order valence-corrected chi connectivity index (χ1v) is 7.42. The molecule has 0 saturated heterocycles. The molecule has 1 N–H and O–H groups in total. The number of halogens is 2. The highest BCUT2D eigenvalue weighted by atomic mass is 79.9. The maximum atomic E-state index is 13.8. The standard InChI is InChI=1S/C16H17BrFNO2/c1-19-11-12-5-6-16(15(18)9-12)21-8-7-20-14-4-2-3-13(17)10-14/h2-6,9-10,19H,7-8,11H2,1H3. The van der Waals surface area contributed by atoms with Crippen LogP contribution >= 0.6 is 15.9 Å². The van der Waals surface area contributed by atoms with Gasteiger partial charge < -0.3 is 14.8 Å². The summed E-state index contributed by atoms with van der Waals surface area (Å²) >= 11 is 3.37. The summed E-state index contributed by atoms with van der Waals surface area (Å²) in [5.41, 5.74) is 0.882. The molecule has 0 aliphatic heterocycles. The van der Waals surface area contributed by atoms with Gasteiger partial charge in [-0.15, -0.1) is 0 Å². The Morgan fingerprint density at radius 2 is 1.90 bits per heavy atom. The monoisotopic (exact) mass is 353 g/mol. The second kappa shape index (κ2) is 8.00. The normalized spacial score (nSPS) is 10.4. The van der Waals surface area contributed by atoms with Gasteiger partial charge in [0.2, 0.25) is 0 Å². The average molecular weight is 354 g/mol. The third kappa shape index (κ3) is 5.02. The molecule has 0 spiro atoms. The van der Waals surface area contributed by atoms with E-state index < -0.39 is 0 Å². The number of hydrogen-bond acceptors (Lipinski definition) is 3. The van der Waals surface area contributed by atoms with Gasteiger partial charge in [-0.1, -0.05) is 28.1 Å². The molecule has 112 valence electrons. The smallest absolute Gasteiger partial charge is 0.165 e. The second-order valence-electron chi connectivity index (χ2n) is 4.45. The number of hydrogen-bond donors (Lipinski definition) is 1. The minimum atomic E-state index is -0.356. The zero-order chi connectivity index (χ0) is 15.1. The molecule has 0 bridgehead atoms. The predicted molar refractivity (Wildman–Crippen MR) is 84.3 cm³/mol. The van der Waals surface area contributed by atoms with E-state index in [1.54, 1.807) is 6.07 Å². The first kappa shape index (κ1) is 15.8. The minimum absolute atomic E-state index is 0.243. The van der Waals surface area contributed by atoms with Crippen LogP contribution in [0.15, 0.2) is 46.9 Å². The lowest BCUT2D eigenvalue weighted by Gasteiger charge is -2.10. The van der Waals surface area contributed by atoms with Crippen LogP contribution in [-0.4, -0.2) is 20.3 Å². The van der Waals surface area contributed by atoms with Gasteiger partial charge in [0.15, 0.2) is 11.6 Å². The van der Waals surface area contributed by atoms with E-state index in [1.165, 1.54) is 6.07 Å². The molecule has 0 fully saturated rings. The first-order chi connectivity index (χ1) is 10.2. The van der Waals surface area contributed by atoms with E-state index >= 15 is 0 Å². The summed E-state index contributed by atoms with van der Waals surface area (Å²) in [5, 5.41) is 2.97. The molecule has 2 aromatic carbocycles. The average Bonchev–Trinajstić information content (AvgIpc) is 2.46. The Labute approximate surface area is 132 Å². The van der Waals surface area contributed by atoms with Gasteiger partial charge in [-0.25, -0.2) is 4.39 Å². The van der Waals surface area contributed by atoms with Crippen molar-refractivity contribution in [2.75, 3.05) is 20.3 Å². The summed E-state index contributed by atoms with van der Waals surface area (Å²) in [4.78, 5) is 0. The van der Waals surface area contributed by atoms with Crippen molar-refractivity contribution in [3.8, 4) is 11.5 Å². The van der Waals surface area contributed by atoms with E-state index in [0.29, 0.717) is 13.2 Å². The number of rotatable bonds is 7. The summed E-state index contributed by atoms with van der Waals surface area (Å²) in [6, 6.07) is 12.5. The lowest BCUT2D eigenvalue weighted by atomic mass is 10.2. The van der Waals surface area contributed by atoms with Crippen LogP contribution in [0.3, 0.4) is 0 Å². The van der Waals surface area contributed by atoms with E-state index in [0.717, 1.165) is 15.8 Å². The molecule has 0 aliphatic carbocycles. The molecule has 2 aromatic rings. The lowest BCUT2D eigenvalue weighted by Crippen LogP contribution is -2.10. The van der Waals surface area contributed by atoms with Gasteiger partial charge in [-0.05, 0) is 42.9 Å². The molecule has 0 saturated carbocycles. The zero-order valence-electron chi connectivity index (χ0n) is 11.7. The van der Waals surface area contributed by atoms with Crippen molar-refractivity contribution >= 4 is 15.9 Å². The van der Waals surface area contributed by atoms with Crippen LogP contribution in [0.2, 0.25) is 0 Å². The van der Waals surface area contributed by atoms with Crippen molar-refractivity contribution in [3.63, 3.8) is 0 Å². The quantitative estimate of drug-likeness (QED) is 0.768. The van der Waals surface area contributed by atoms with E-state index in [1.807, 2.05) is 37.4 Å². The van der Waals surface area contributed by atoms with Crippen molar-refractivity contribution in [2.45, 2.75) is 6.54 Å². The van der Waals surface area contributed by atoms with Gasteiger partial charge in [-0.2, -0.15) is 0 Å². The van der Waals surface area contributed by atoms with Crippen molar-refractivity contribution in [1.29, 1.82) is 0 Å². The fraction of sp³-hybridized carbons (Fsp3) is 0.250. The minimum Gasteiger partial charge on any atom is -0.490 e. The first-order valence-electron chi connectivity index (χ1n) is 6.63. The molecular weight excluding hydrogens is 337 g/mol. The molecular formula is C16H17BrFNO2. The van der Waals surface area contributed by atoms with E-state index in [4.69, 9.17) is 9.47 Å². The number of benzene rings is 2. The molecule has 5 heteroatoms. The molecule has 0 aliphatic rings. The second-order valence-corrected chi connectivity index (χ2v) is 5.37. The van der Waals surface area contributed by atoms with Gasteiger partial charge in [0, 0.05) is 11.0 Å². The third-order valence-corrected chi connectivity index (χ3v) is 3.28. The van der Waals surface area contributed by atoms with E-state index in [-0.39, 0.29) is 18.2 Å². The molecule has 0 radical (unpaired) electrons. The van der Waals surface area contributed by atoms with Crippen molar-refractivity contribution < 1.29 is 13.9 Å². The van der Waals surface area contributed by atoms with Crippen molar-refractivity contribution in [2.24, 2.45) is 0 Å². The molecule has 0 unspecified atom stereocenters. The fourth-order valence-electron chi connectivity index (χ4n) is 1.84. The largest absolute Gasteiger partial charge is 0.490 e. The van der Waals surface area contributed by atoms with Crippen LogP contribution in [0.4, 0.5) is 4.39 Å². The fourth-order valence-corrected chi connectivity index (χ4v) is 2.22. The Bertz CT molecular complexity index is 592. The van der Waals surface area contributed by atoms with Crippen molar-refractivity contribution in [3.05, 3.63) is 58.3 Å². The lowest BCUT2D eigenvalue weighted by molar-refractivity contribution is 0.211. The summed E-state index contributed by atoms with van der Waals surface area (Å²) in [7, 11) is 1.82. The van der Waals surface area contributed by atoms with Gasteiger partial charge in [0.1, 0.15) is 19.0 Å². The molecule has 0 amide bonds. The zero-order valence-corrected chi connectivity index (χ0v) is 13.3. The molecule has 2 rings (SSSR count). The summed E-state index contributed by atoms with van der Waals surface area (Å²) in [6.45, 7) is 1.27. The summed E-state index contributed by atoms with van der Waals surface area (Å²) in [6.07, 6.45) is 0. The van der Waals surface area contributed by atoms with Crippen LogP contribution < -0.4 is 14.8 Å². The van der Waals surface area contributed by atoms with Crippen LogP contribution in [-0.2, 0) is 6.54 Å². The Morgan fingerprint density at radius 1 is 1.10 bits per heavy atom. The molecule has 0 atom stereocenters. The van der Waals surface area contributed by atoms with Crippen molar-refractivity contribution in [1.82, 2.24) is 5.32 Å². The molecule has 0 aromatic heterocycles. The maximum absolute atomic E-state index is 13.8. The van der Waals surface area contributed by atoms with Crippen LogP contribution in [0, 0.1) is 5.82 Å². The molecule has 21 heavy (non-hydrogen) atoms. The third-order valence-electron chi connectivity index (χ3n) is 2.78. The number of nitrogens with one attached hydrogen (secondary N) is 1.